The van der Waals surface area contributed by atoms with E-state index in [4.69, 9.17) is 23.2 Å². The number of nitrogens with zero attached hydrogens (tertiary/aromatic N) is 3. The van der Waals surface area contributed by atoms with E-state index in [9.17, 15) is 9.90 Å². The molecule has 1 saturated carbocycles. The van der Waals surface area contributed by atoms with Crippen molar-refractivity contribution in [2.24, 2.45) is 13.0 Å². The van der Waals surface area contributed by atoms with E-state index in [-0.39, 0.29) is 24.0 Å². The van der Waals surface area contributed by atoms with E-state index in [1.165, 1.54) is 0 Å². The standard InChI is InChI=1S/C21H25Cl2N3O2/c1-25-12-15(11-24-25)14-9-19(22)18(20(23)10-14)8-13-6-7-26(21(13)28)16-2-4-17(27)5-3-16/h9-13,16-17,27H,2-8H2,1H3/t13?,16-,17+. The molecule has 0 bridgehead atoms. The van der Waals surface area contributed by atoms with Crippen LogP contribution in [0.4, 0.5) is 0 Å². The molecular weight excluding hydrogens is 397 g/mol. The molecule has 150 valence electrons. The van der Waals surface area contributed by atoms with Crippen LogP contribution in [0, 0.1) is 5.92 Å². The Morgan fingerprint density at radius 2 is 1.79 bits per heavy atom. The zero-order valence-electron chi connectivity index (χ0n) is 15.9. The van der Waals surface area contributed by atoms with Crippen molar-refractivity contribution in [3.05, 3.63) is 40.1 Å². The van der Waals surface area contributed by atoms with Gasteiger partial charge in [0.05, 0.1) is 12.3 Å². The zero-order chi connectivity index (χ0) is 19.8. The Balaban J connectivity index is 1.48. The fourth-order valence-electron chi connectivity index (χ4n) is 4.47. The minimum atomic E-state index is -0.208. The Kier molecular flexibility index (Phi) is 5.68. The third-order valence-electron chi connectivity index (χ3n) is 6.09. The van der Waals surface area contributed by atoms with Gasteiger partial charge in [-0.2, -0.15) is 5.10 Å². The molecule has 2 aromatic rings. The van der Waals surface area contributed by atoms with Gasteiger partial charge in [0.2, 0.25) is 5.91 Å². The highest BCUT2D eigenvalue weighted by Gasteiger charge is 2.37. The average molecular weight is 422 g/mol. The molecule has 0 radical (unpaired) electrons. The third kappa shape index (κ3) is 3.93. The van der Waals surface area contributed by atoms with Crippen LogP contribution in [-0.4, -0.2) is 44.4 Å². The summed E-state index contributed by atoms with van der Waals surface area (Å²) in [5.41, 5.74) is 2.72. The van der Waals surface area contributed by atoms with Crippen LogP contribution in [0.15, 0.2) is 24.5 Å². The van der Waals surface area contributed by atoms with Crippen molar-refractivity contribution in [3.8, 4) is 11.1 Å². The topological polar surface area (TPSA) is 58.4 Å². The predicted octanol–water partition coefficient (Wildman–Crippen LogP) is 4.09. The molecule has 1 aromatic heterocycles. The number of amides is 1. The molecule has 1 unspecified atom stereocenters. The first kappa shape index (κ1) is 19.7. The number of carbonyl (C=O) groups excluding carboxylic acids is 1. The molecule has 4 rings (SSSR count). The lowest BCUT2D eigenvalue weighted by Gasteiger charge is -2.33. The highest BCUT2D eigenvalue weighted by atomic mass is 35.5. The van der Waals surface area contributed by atoms with Gasteiger partial charge in [-0.1, -0.05) is 23.2 Å². The quantitative estimate of drug-likeness (QED) is 0.808. The molecule has 1 aliphatic heterocycles. The Morgan fingerprint density at radius 3 is 2.39 bits per heavy atom. The molecule has 1 atom stereocenters. The van der Waals surface area contributed by atoms with Gasteiger partial charge in [-0.05, 0) is 61.8 Å². The van der Waals surface area contributed by atoms with Crippen molar-refractivity contribution in [1.82, 2.24) is 14.7 Å². The molecule has 1 saturated heterocycles. The van der Waals surface area contributed by atoms with Gasteiger partial charge in [0.1, 0.15) is 0 Å². The van der Waals surface area contributed by atoms with Crippen molar-refractivity contribution in [3.63, 3.8) is 0 Å². The number of likely N-dealkylation sites (tertiary alicyclic amines) is 1. The highest BCUT2D eigenvalue weighted by molar-refractivity contribution is 6.36. The van der Waals surface area contributed by atoms with E-state index in [2.05, 4.69) is 5.10 Å². The molecule has 7 heteroatoms. The van der Waals surface area contributed by atoms with Gasteiger partial charge < -0.3 is 10.0 Å². The Labute approximate surface area is 175 Å². The summed E-state index contributed by atoms with van der Waals surface area (Å²) in [5, 5.41) is 15.1. The van der Waals surface area contributed by atoms with E-state index < -0.39 is 0 Å². The van der Waals surface area contributed by atoms with E-state index in [1.807, 2.05) is 30.3 Å². The van der Waals surface area contributed by atoms with Crippen LogP contribution in [0.3, 0.4) is 0 Å². The number of aryl methyl sites for hydroxylation is 1. The molecular formula is C21H25Cl2N3O2. The van der Waals surface area contributed by atoms with Crippen molar-refractivity contribution in [2.45, 2.75) is 50.7 Å². The van der Waals surface area contributed by atoms with Crippen LogP contribution in [0.25, 0.3) is 11.1 Å². The summed E-state index contributed by atoms with van der Waals surface area (Å²) in [6, 6.07) is 4.07. The Morgan fingerprint density at radius 1 is 1.11 bits per heavy atom. The number of aliphatic hydroxyl groups excluding tert-OH is 1. The van der Waals surface area contributed by atoms with Crippen molar-refractivity contribution >= 4 is 29.1 Å². The van der Waals surface area contributed by atoms with Gasteiger partial charge >= 0.3 is 0 Å². The lowest BCUT2D eigenvalue weighted by Crippen LogP contribution is -2.41. The average Bonchev–Trinajstić information content (AvgIpc) is 3.25. The van der Waals surface area contributed by atoms with Crippen LogP contribution in [0.5, 0.6) is 0 Å². The number of aromatic nitrogens is 2. The first-order chi connectivity index (χ1) is 13.4. The Bertz CT molecular complexity index is 851. The fraction of sp³-hybridized carbons (Fsp3) is 0.524. The lowest BCUT2D eigenvalue weighted by atomic mass is 9.92. The number of halogens is 2. The Hall–Kier alpha value is -1.56. The summed E-state index contributed by atoms with van der Waals surface area (Å²) >= 11 is 13.1. The van der Waals surface area contributed by atoms with Gasteiger partial charge in [0, 0.05) is 47.4 Å². The molecule has 0 spiro atoms. The first-order valence-corrected chi connectivity index (χ1v) is 10.6. The maximum Gasteiger partial charge on any atom is 0.226 e. The first-order valence-electron chi connectivity index (χ1n) is 9.88. The maximum absolute atomic E-state index is 13.0. The molecule has 2 aliphatic rings. The number of carbonyl (C=O) groups is 1. The van der Waals surface area contributed by atoms with E-state index in [0.717, 1.165) is 55.3 Å². The molecule has 1 amide bonds. The van der Waals surface area contributed by atoms with Crippen LogP contribution < -0.4 is 0 Å². The smallest absolute Gasteiger partial charge is 0.226 e. The fourth-order valence-corrected chi connectivity index (χ4v) is 5.11. The van der Waals surface area contributed by atoms with E-state index >= 15 is 0 Å². The molecule has 1 N–H and O–H groups in total. The zero-order valence-corrected chi connectivity index (χ0v) is 17.5. The van der Waals surface area contributed by atoms with Crippen molar-refractivity contribution < 1.29 is 9.90 Å². The molecule has 28 heavy (non-hydrogen) atoms. The van der Waals surface area contributed by atoms with Crippen molar-refractivity contribution in [2.75, 3.05) is 6.54 Å². The van der Waals surface area contributed by atoms with Gasteiger partial charge in [-0.3, -0.25) is 9.48 Å². The van der Waals surface area contributed by atoms with Crippen LogP contribution >= 0.6 is 23.2 Å². The van der Waals surface area contributed by atoms with Gasteiger partial charge in [0.15, 0.2) is 0 Å². The van der Waals surface area contributed by atoms with E-state index in [1.54, 1.807) is 10.9 Å². The van der Waals surface area contributed by atoms with Gasteiger partial charge in [-0.15, -0.1) is 0 Å². The molecule has 1 aromatic carbocycles. The van der Waals surface area contributed by atoms with Crippen LogP contribution in [0.2, 0.25) is 10.0 Å². The summed E-state index contributed by atoms with van der Waals surface area (Å²) in [7, 11) is 1.87. The largest absolute Gasteiger partial charge is 0.393 e. The summed E-state index contributed by atoms with van der Waals surface area (Å²) < 4.78 is 1.74. The number of rotatable bonds is 4. The molecule has 2 heterocycles. The summed E-state index contributed by atoms with van der Waals surface area (Å²) in [5.74, 6) is 0.121. The van der Waals surface area contributed by atoms with Gasteiger partial charge in [0.25, 0.3) is 0 Å². The van der Waals surface area contributed by atoms with E-state index in [0.29, 0.717) is 16.5 Å². The number of hydrogen-bond acceptors (Lipinski definition) is 3. The van der Waals surface area contributed by atoms with Crippen LogP contribution in [-0.2, 0) is 18.3 Å². The number of aliphatic hydroxyl groups is 1. The highest BCUT2D eigenvalue weighted by Crippen LogP contribution is 2.36. The second-order valence-corrected chi connectivity index (χ2v) is 8.82. The SMILES string of the molecule is Cn1cc(-c2cc(Cl)c(CC3CCN([C@H]4CC[C@@H](O)CC4)C3=O)c(Cl)c2)cn1. The maximum atomic E-state index is 13.0. The number of benzene rings is 1. The van der Waals surface area contributed by atoms with Crippen molar-refractivity contribution in [1.29, 1.82) is 0 Å². The van der Waals surface area contributed by atoms with Crippen LogP contribution in [0.1, 0.15) is 37.7 Å². The lowest BCUT2D eigenvalue weighted by molar-refractivity contribution is -0.133. The third-order valence-corrected chi connectivity index (χ3v) is 6.76. The summed E-state index contributed by atoms with van der Waals surface area (Å²) in [6.07, 6.45) is 8.23. The second kappa shape index (κ2) is 8.05. The second-order valence-electron chi connectivity index (χ2n) is 8.00. The molecule has 2 fully saturated rings. The summed E-state index contributed by atoms with van der Waals surface area (Å²) in [4.78, 5) is 15.0. The molecule has 5 nitrogen and oxygen atoms in total. The summed E-state index contributed by atoms with van der Waals surface area (Å²) in [6.45, 7) is 0.785. The van der Waals surface area contributed by atoms with Gasteiger partial charge in [-0.25, -0.2) is 0 Å². The number of hydrogen-bond donors (Lipinski definition) is 1. The minimum absolute atomic E-state index is 0.0777. The molecule has 1 aliphatic carbocycles. The predicted molar refractivity (Wildman–Crippen MR) is 110 cm³/mol. The minimum Gasteiger partial charge on any atom is -0.393 e. The monoisotopic (exact) mass is 421 g/mol. The normalized spacial score (nSPS) is 25.5.